The van der Waals surface area contributed by atoms with Gasteiger partial charge in [0.05, 0.1) is 12.3 Å². The van der Waals surface area contributed by atoms with E-state index in [1.165, 1.54) is 0 Å². The van der Waals surface area contributed by atoms with Crippen molar-refractivity contribution >= 4 is 15.9 Å². The first-order chi connectivity index (χ1) is 7.69. The van der Waals surface area contributed by atoms with E-state index in [9.17, 15) is 0 Å². The quantitative estimate of drug-likeness (QED) is 0.860. The summed E-state index contributed by atoms with van der Waals surface area (Å²) in [6, 6.07) is 7.57. The summed E-state index contributed by atoms with van der Waals surface area (Å²) in [5.41, 5.74) is 3.56. The topological polar surface area (TPSA) is 46.0 Å². The SMILES string of the molecule is Cc1ccc(-c2cc(CO)cc(Br)n2)cn1. The lowest BCUT2D eigenvalue weighted by atomic mass is 10.1. The molecule has 0 aliphatic heterocycles. The molecule has 0 bridgehead atoms. The second-order valence-corrected chi connectivity index (χ2v) is 4.34. The van der Waals surface area contributed by atoms with Crippen molar-refractivity contribution in [2.75, 3.05) is 0 Å². The summed E-state index contributed by atoms with van der Waals surface area (Å²) in [6.45, 7) is 1.95. The van der Waals surface area contributed by atoms with Gasteiger partial charge in [-0.25, -0.2) is 4.98 Å². The summed E-state index contributed by atoms with van der Waals surface area (Å²) in [5, 5.41) is 9.11. The monoisotopic (exact) mass is 278 g/mol. The number of aliphatic hydroxyl groups is 1. The normalized spacial score (nSPS) is 10.4. The molecule has 3 nitrogen and oxygen atoms in total. The van der Waals surface area contributed by atoms with Crippen LogP contribution in [0.4, 0.5) is 0 Å². The fourth-order valence-corrected chi connectivity index (χ4v) is 1.89. The van der Waals surface area contributed by atoms with Gasteiger partial charge in [-0.3, -0.25) is 4.98 Å². The first-order valence-electron chi connectivity index (χ1n) is 4.89. The zero-order valence-electron chi connectivity index (χ0n) is 8.81. The Kier molecular flexibility index (Phi) is 3.31. The maximum absolute atomic E-state index is 9.11. The van der Waals surface area contributed by atoms with E-state index in [0.717, 1.165) is 27.1 Å². The van der Waals surface area contributed by atoms with Crippen LogP contribution < -0.4 is 0 Å². The number of rotatable bonds is 2. The van der Waals surface area contributed by atoms with Gasteiger partial charge < -0.3 is 5.11 Å². The van der Waals surface area contributed by atoms with E-state index >= 15 is 0 Å². The Bertz CT molecular complexity index is 497. The van der Waals surface area contributed by atoms with Crippen molar-refractivity contribution in [2.45, 2.75) is 13.5 Å². The molecule has 2 aromatic rings. The van der Waals surface area contributed by atoms with Crippen molar-refractivity contribution in [3.05, 3.63) is 46.3 Å². The van der Waals surface area contributed by atoms with Crippen molar-refractivity contribution in [3.63, 3.8) is 0 Å². The second-order valence-electron chi connectivity index (χ2n) is 3.53. The maximum Gasteiger partial charge on any atom is 0.107 e. The zero-order valence-corrected chi connectivity index (χ0v) is 10.4. The second kappa shape index (κ2) is 4.72. The van der Waals surface area contributed by atoms with E-state index in [2.05, 4.69) is 25.9 Å². The average molecular weight is 279 g/mol. The molecule has 4 heteroatoms. The Balaban J connectivity index is 2.47. The molecule has 2 heterocycles. The van der Waals surface area contributed by atoms with Gasteiger partial charge in [0.1, 0.15) is 4.60 Å². The maximum atomic E-state index is 9.11. The Morgan fingerprint density at radius 1 is 1.31 bits per heavy atom. The molecule has 0 aromatic carbocycles. The van der Waals surface area contributed by atoms with Gasteiger partial charge >= 0.3 is 0 Å². The van der Waals surface area contributed by atoms with Crippen LogP contribution in [0.15, 0.2) is 35.1 Å². The molecule has 0 aliphatic rings. The summed E-state index contributed by atoms with van der Waals surface area (Å²) in [6.07, 6.45) is 1.78. The van der Waals surface area contributed by atoms with Crippen molar-refractivity contribution < 1.29 is 5.11 Å². The van der Waals surface area contributed by atoms with Gasteiger partial charge in [-0.1, -0.05) is 0 Å². The van der Waals surface area contributed by atoms with Crippen molar-refractivity contribution in [1.29, 1.82) is 0 Å². The predicted molar refractivity (Wildman–Crippen MR) is 65.8 cm³/mol. The molecule has 0 aliphatic carbocycles. The zero-order chi connectivity index (χ0) is 11.5. The highest BCUT2D eigenvalue weighted by Gasteiger charge is 2.03. The van der Waals surface area contributed by atoms with E-state index in [-0.39, 0.29) is 6.61 Å². The lowest BCUT2D eigenvalue weighted by molar-refractivity contribution is 0.281. The highest BCUT2D eigenvalue weighted by molar-refractivity contribution is 9.10. The first-order valence-corrected chi connectivity index (χ1v) is 5.68. The summed E-state index contributed by atoms with van der Waals surface area (Å²) in [7, 11) is 0. The smallest absolute Gasteiger partial charge is 0.107 e. The molecule has 0 saturated heterocycles. The molecule has 82 valence electrons. The average Bonchev–Trinajstić information content (AvgIpc) is 2.29. The van der Waals surface area contributed by atoms with Crippen molar-refractivity contribution in [3.8, 4) is 11.3 Å². The molecule has 0 radical (unpaired) electrons. The van der Waals surface area contributed by atoms with Gasteiger partial charge in [0.25, 0.3) is 0 Å². The van der Waals surface area contributed by atoms with Crippen LogP contribution in [0.2, 0.25) is 0 Å². The van der Waals surface area contributed by atoms with Crippen LogP contribution in [0.3, 0.4) is 0 Å². The van der Waals surface area contributed by atoms with E-state index in [1.807, 2.05) is 25.1 Å². The molecule has 2 aromatic heterocycles. The Morgan fingerprint density at radius 2 is 2.12 bits per heavy atom. The molecule has 2 rings (SSSR count). The summed E-state index contributed by atoms with van der Waals surface area (Å²) >= 11 is 3.32. The molecule has 0 amide bonds. The van der Waals surface area contributed by atoms with Crippen molar-refractivity contribution in [1.82, 2.24) is 9.97 Å². The number of aryl methyl sites for hydroxylation is 1. The fraction of sp³-hybridized carbons (Fsp3) is 0.167. The van der Waals surface area contributed by atoms with Gasteiger partial charge in [0.2, 0.25) is 0 Å². The van der Waals surface area contributed by atoms with Gasteiger partial charge in [0, 0.05) is 17.5 Å². The number of nitrogens with zero attached hydrogens (tertiary/aromatic N) is 2. The first kappa shape index (κ1) is 11.2. The molecule has 16 heavy (non-hydrogen) atoms. The molecule has 1 N–H and O–H groups in total. The largest absolute Gasteiger partial charge is 0.392 e. The third-order valence-corrected chi connectivity index (χ3v) is 2.65. The van der Waals surface area contributed by atoms with Gasteiger partial charge in [-0.2, -0.15) is 0 Å². The summed E-state index contributed by atoms with van der Waals surface area (Å²) < 4.78 is 0.717. The minimum absolute atomic E-state index is 0.00735. The number of pyridine rings is 2. The van der Waals surface area contributed by atoms with Crippen LogP contribution in [0, 0.1) is 6.92 Å². The van der Waals surface area contributed by atoms with Crippen LogP contribution in [-0.2, 0) is 6.61 Å². The Labute approximate surface area is 102 Å². The standard InChI is InChI=1S/C12H11BrN2O/c1-8-2-3-10(6-14-8)11-4-9(7-16)5-12(13)15-11/h2-6,16H,7H2,1H3. The molecule has 0 atom stereocenters. The van der Waals surface area contributed by atoms with Gasteiger partial charge in [-0.05, 0) is 52.7 Å². The van der Waals surface area contributed by atoms with E-state index in [4.69, 9.17) is 5.11 Å². The Morgan fingerprint density at radius 3 is 2.75 bits per heavy atom. The number of aromatic nitrogens is 2. The number of halogens is 1. The molecular formula is C12H11BrN2O. The molecule has 0 fully saturated rings. The van der Waals surface area contributed by atoms with E-state index in [1.54, 1.807) is 12.3 Å². The number of hydrogen-bond donors (Lipinski definition) is 1. The molecular weight excluding hydrogens is 268 g/mol. The van der Waals surface area contributed by atoms with Crippen LogP contribution in [0.25, 0.3) is 11.3 Å². The van der Waals surface area contributed by atoms with E-state index in [0.29, 0.717) is 0 Å². The fourth-order valence-electron chi connectivity index (χ4n) is 1.41. The minimum atomic E-state index is 0.00735. The highest BCUT2D eigenvalue weighted by Crippen LogP contribution is 2.21. The van der Waals surface area contributed by atoms with E-state index < -0.39 is 0 Å². The highest BCUT2D eigenvalue weighted by atomic mass is 79.9. The van der Waals surface area contributed by atoms with Gasteiger partial charge in [0.15, 0.2) is 0 Å². The summed E-state index contributed by atoms with van der Waals surface area (Å²) in [5.74, 6) is 0. The predicted octanol–water partition coefficient (Wildman–Crippen LogP) is 2.71. The van der Waals surface area contributed by atoms with Crippen LogP contribution >= 0.6 is 15.9 Å². The summed E-state index contributed by atoms with van der Waals surface area (Å²) in [4.78, 5) is 8.57. The molecule has 0 spiro atoms. The lowest BCUT2D eigenvalue weighted by Crippen LogP contribution is -1.91. The molecule has 0 unspecified atom stereocenters. The number of hydrogen-bond acceptors (Lipinski definition) is 3. The lowest BCUT2D eigenvalue weighted by Gasteiger charge is -2.04. The van der Waals surface area contributed by atoms with Gasteiger partial charge in [-0.15, -0.1) is 0 Å². The van der Waals surface area contributed by atoms with Crippen LogP contribution in [0.5, 0.6) is 0 Å². The third-order valence-electron chi connectivity index (χ3n) is 2.24. The minimum Gasteiger partial charge on any atom is -0.392 e. The van der Waals surface area contributed by atoms with Crippen molar-refractivity contribution in [2.24, 2.45) is 0 Å². The number of aliphatic hydroxyl groups excluding tert-OH is 1. The Hall–Kier alpha value is -1.26. The molecule has 0 saturated carbocycles. The van der Waals surface area contributed by atoms with Crippen LogP contribution in [0.1, 0.15) is 11.3 Å². The van der Waals surface area contributed by atoms with Crippen LogP contribution in [-0.4, -0.2) is 15.1 Å². The third kappa shape index (κ3) is 2.46.